The van der Waals surface area contributed by atoms with Gasteiger partial charge in [-0.05, 0) is 23.6 Å². The van der Waals surface area contributed by atoms with Crippen LogP contribution in [0.3, 0.4) is 0 Å². The highest BCUT2D eigenvalue weighted by Gasteiger charge is 2.15. The maximum atomic E-state index is 5.80. The first kappa shape index (κ1) is 13.0. The van der Waals surface area contributed by atoms with Crippen LogP contribution in [-0.4, -0.2) is 22.0 Å². The molecule has 3 rings (SSSR count). The van der Waals surface area contributed by atoms with Crippen LogP contribution >= 0.6 is 23.6 Å². The maximum absolute atomic E-state index is 5.80. The van der Waals surface area contributed by atoms with Crippen molar-refractivity contribution in [3.63, 3.8) is 0 Å². The summed E-state index contributed by atoms with van der Waals surface area (Å²) in [6.07, 6.45) is 1.57. The molecule has 1 aromatic carbocycles. The smallest absolute Gasteiger partial charge is 0.154 e. The molecule has 100 valence electrons. The van der Waals surface area contributed by atoms with Crippen LogP contribution in [0.1, 0.15) is 5.56 Å². The molecule has 0 saturated carbocycles. The molecule has 0 bridgehead atoms. The number of aromatic nitrogens is 2. The fraction of sp³-hybridized carbons (Fsp3) is 0.0714. The molecule has 0 fully saturated rings. The summed E-state index contributed by atoms with van der Waals surface area (Å²) < 4.78 is 1.05. The van der Waals surface area contributed by atoms with Gasteiger partial charge >= 0.3 is 0 Å². The first-order valence-electron chi connectivity index (χ1n) is 5.99. The fourth-order valence-corrected chi connectivity index (χ4v) is 3.15. The standard InChI is InChI=1S/C14H12N4S2/c1-18(11-5-3-2-4-9(11)13(15)19)14-12-10(6-7-20-12)16-8-17-14/h2-8H,1H3,(H2,15,19). The van der Waals surface area contributed by atoms with Gasteiger partial charge in [-0.2, -0.15) is 0 Å². The zero-order chi connectivity index (χ0) is 14.1. The predicted octanol–water partition coefficient (Wildman–Crippen LogP) is 3.09. The SMILES string of the molecule is CN(c1ccccc1C(N)=S)c1ncnc2ccsc12. The van der Waals surface area contributed by atoms with E-state index in [1.807, 2.05) is 47.7 Å². The lowest BCUT2D eigenvalue weighted by molar-refractivity contribution is 1.11. The minimum atomic E-state index is 0.379. The van der Waals surface area contributed by atoms with Crippen molar-refractivity contribution in [1.29, 1.82) is 0 Å². The molecule has 0 aliphatic carbocycles. The molecule has 2 N–H and O–H groups in total. The van der Waals surface area contributed by atoms with E-state index in [2.05, 4.69) is 9.97 Å². The van der Waals surface area contributed by atoms with Gasteiger partial charge in [0.2, 0.25) is 0 Å². The van der Waals surface area contributed by atoms with Gasteiger partial charge in [-0.1, -0.05) is 24.4 Å². The van der Waals surface area contributed by atoms with Crippen LogP contribution < -0.4 is 10.6 Å². The summed E-state index contributed by atoms with van der Waals surface area (Å²) in [6.45, 7) is 0. The molecule has 20 heavy (non-hydrogen) atoms. The Morgan fingerprint density at radius 1 is 1.25 bits per heavy atom. The molecule has 0 radical (unpaired) electrons. The molecular formula is C14H12N4S2. The number of benzene rings is 1. The van der Waals surface area contributed by atoms with Gasteiger partial charge in [0.1, 0.15) is 11.3 Å². The molecule has 2 heterocycles. The fourth-order valence-electron chi connectivity index (χ4n) is 2.10. The largest absolute Gasteiger partial charge is 0.389 e. The van der Waals surface area contributed by atoms with Gasteiger partial charge in [-0.25, -0.2) is 9.97 Å². The van der Waals surface area contributed by atoms with Crippen molar-refractivity contribution in [2.45, 2.75) is 0 Å². The van der Waals surface area contributed by atoms with E-state index in [1.165, 1.54) is 0 Å². The molecule has 4 nitrogen and oxygen atoms in total. The minimum absolute atomic E-state index is 0.379. The van der Waals surface area contributed by atoms with Crippen molar-refractivity contribution < 1.29 is 0 Å². The van der Waals surface area contributed by atoms with Gasteiger partial charge in [0.15, 0.2) is 5.82 Å². The highest BCUT2D eigenvalue weighted by Crippen LogP contribution is 2.32. The maximum Gasteiger partial charge on any atom is 0.154 e. The molecule has 0 aliphatic rings. The number of hydrogen-bond acceptors (Lipinski definition) is 5. The third-order valence-corrected chi connectivity index (χ3v) is 4.19. The lowest BCUT2D eigenvalue weighted by atomic mass is 10.1. The van der Waals surface area contributed by atoms with Crippen molar-refractivity contribution >= 4 is 50.3 Å². The number of thiophene rings is 1. The molecule has 2 aromatic heterocycles. The van der Waals surface area contributed by atoms with Gasteiger partial charge in [-0.15, -0.1) is 11.3 Å². The van der Waals surface area contributed by atoms with E-state index in [0.717, 1.165) is 27.3 Å². The van der Waals surface area contributed by atoms with E-state index >= 15 is 0 Å². The molecule has 0 atom stereocenters. The first-order chi connectivity index (χ1) is 9.68. The Morgan fingerprint density at radius 3 is 2.85 bits per heavy atom. The van der Waals surface area contributed by atoms with E-state index in [1.54, 1.807) is 17.7 Å². The predicted molar refractivity (Wildman–Crippen MR) is 87.8 cm³/mol. The molecule has 6 heteroatoms. The third-order valence-electron chi connectivity index (χ3n) is 3.07. The van der Waals surface area contributed by atoms with Crippen LogP contribution in [0.2, 0.25) is 0 Å². The van der Waals surface area contributed by atoms with Crippen molar-refractivity contribution in [2.75, 3.05) is 11.9 Å². The number of para-hydroxylation sites is 1. The average Bonchev–Trinajstić information content (AvgIpc) is 2.94. The van der Waals surface area contributed by atoms with Crippen LogP contribution in [0.25, 0.3) is 10.2 Å². The topological polar surface area (TPSA) is 55.0 Å². The van der Waals surface area contributed by atoms with E-state index in [4.69, 9.17) is 18.0 Å². The zero-order valence-corrected chi connectivity index (χ0v) is 12.4. The molecule has 0 aliphatic heterocycles. The number of nitrogens with zero attached hydrogens (tertiary/aromatic N) is 3. The number of anilines is 2. The quantitative estimate of drug-likeness (QED) is 0.753. The zero-order valence-electron chi connectivity index (χ0n) is 10.8. The van der Waals surface area contributed by atoms with Gasteiger partial charge in [0.25, 0.3) is 0 Å². The van der Waals surface area contributed by atoms with Gasteiger partial charge < -0.3 is 10.6 Å². The van der Waals surface area contributed by atoms with Crippen molar-refractivity contribution in [1.82, 2.24) is 9.97 Å². The summed E-state index contributed by atoms with van der Waals surface area (Å²) in [5.74, 6) is 0.855. The van der Waals surface area contributed by atoms with Gasteiger partial charge in [0, 0.05) is 12.6 Å². The van der Waals surface area contributed by atoms with Crippen LogP contribution in [0.15, 0.2) is 42.0 Å². The lowest BCUT2D eigenvalue weighted by Gasteiger charge is -2.21. The average molecular weight is 300 g/mol. The summed E-state index contributed by atoms with van der Waals surface area (Å²) in [5.41, 5.74) is 8.52. The molecule has 0 saturated heterocycles. The number of hydrogen-bond donors (Lipinski definition) is 1. The number of thiocarbonyl (C=S) groups is 1. The Bertz CT molecular complexity index is 781. The minimum Gasteiger partial charge on any atom is -0.389 e. The highest BCUT2D eigenvalue weighted by atomic mass is 32.1. The summed E-state index contributed by atoms with van der Waals surface area (Å²) in [5, 5.41) is 2.01. The first-order valence-corrected chi connectivity index (χ1v) is 7.28. The molecular weight excluding hydrogens is 288 g/mol. The number of rotatable bonds is 3. The van der Waals surface area contributed by atoms with Crippen LogP contribution in [0, 0.1) is 0 Å². The normalized spacial score (nSPS) is 10.7. The van der Waals surface area contributed by atoms with Crippen molar-refractivity contribution in [3.8, 4) is 0 Å². The van der Waals surface area contributed by atoms with Gasteiger partial charge in [0.05, 0.1) is 15.9 Å². The number of nitrogens with two attached hydrogens (primary N) is 1. The summed E-state index contributed by atoms with van der Waals surface area (Å²) in [7, 11) is 1.96. The monoisotopic (exact) mass is 300 g/mol. The van der Waals surface area contributed by atoms with Crippen LogP contribution in [-0.2, 0) is 0 Å². The van der Waals surface area contributed by atoms with Gasteiger partial charge in [-0.3, -0.25) is 0 Å². The molecule has 3 aromatic rings. The summed E-state index contributed by atoms with van der Waals surface area (Å²) in [4.78, 5) is 11.0. The van der Waals surface area contributed by atoms with Crippen LogP contribution in [0.5, 0.6) is 0 Å². The van der Waals surface area contributed by atoms with E-state index in [9.17, 15) is 0 Å². The third kappa shape index (κ3) is 2.13. The molecule has 0 unspecified atom stereocenters. The Morgan fingerprint density at radius 2 is 2.05 bits per heavy atom. The number of fused-ring (bicyclic) bond motifs is 1. The second-order valence-electron chi connectivity index (χ2n) is 4.27. The van der Waals surface area contributed by atoms with Crippen LogP contribution in [0.4, 0.5) is 11.5 Å². The molecule has 0 amide bonds. The summed E-state index contributed by atoms with van der Waals surface area (Å²) in [6, 6.07) is 9.77. The Labute approximate surface area is 125 Å². The molecule has 0 spiro atoms. The second kappa shape index (κ2) is 5.15. The van der Waals surface area contributed by atoms with E-state index < -0.39 is 0 Å². The van der Waals surface area contributed by atoms with Crippen molar-refractivity contribution in [2.24, 2.45) is 5.73 Å². The highest BCUT2D eigenvalue weighted by molar-refractivity contribution is 7.80. The van der Waals surface area contributed by atoms with Crippen molar-refractivity contribution in [3.05, 3.63) is 47.6 Å². The Hall–Kier alpha value is -2.05. The second-order valence-corrected chi connectivity index (χ2v) is 5.63. The Balaban J connectivity index is 2.16. The summed E-state index contributed by atoms with van der Waals surface area (Å²) >= 11 is 6.74. The van der Waals surface area contributed by atoms with E-state index in [-0.39, 0.29) is 0 Å². The lowest BCUT2D eigenvalue weighted by Crippen LogP contribution is -2.18. The Kier molecular flexibility index (Phi) is 3.33. The van der Waals surface area contributed by atoms with E-state index in [0.29, 0.717) is 4.99 Å².